The lowest BCUT2D eigenvalue weighted by atomic mass is 9.98. The lowest BCUT2D eigenvalue weighted by Gasteiger charge is -2.19. The van der Waals surface area contributed by atoms with E-state index < -0.39 is 5.92 Å². The molecule has 140 valence electrons. The number of nitrogens with one attached hydrogen (secondary N) is 1. The molecule has 5 nitrogen and oxygen atoms in total. The number of carbonyl (C=O) groups excluding carboxylic acids is 2. The lowest BCUT2D eigenvalue weighted by Crippen LogP contribution is -2.30. The molecule has 6 heteroatoms. The SMILES string of the molecule is CCN(CC)C(=O)c1ccc(NC(=O)C(CN)c2ccccc2)cc1.Cl. The Morgan fingerprint density at radius 3 is 2.08 bits per heavy atom. The number of carbonyl (C=O) groups is 2. The highest BCUT2D eigenvalue weighted by atomic mass is 35.5. The predicted octanol–water partition coefficient (Wildman–Crippen LogP) is 3.27. The number of hydrogen-bond acceptors (Lipinski definition) is 3. The Balaban J connectivity index is 0.00000338. The van der Waals surface area contributed by atoms with Crippen molar-refractivity contribution in [3.05, 3.63) is 65.7 Å². The number of anilines is 1. The fraction of sp³-hybridized carbons (Fsp3) is 0.300. The summed E-state index contributed by atoms with van der Waals surface area (Å²) in [6.45, 7) is 5.47. The Labute approximate surface area is 161 Å². The summed E-state index contributed by atoms with van der Waals surface area (Å²) >= 11 is 0. The van der Waals surface area contributed by atoms with E-state index in [9.17, 15) is 9.59 Å². The van der Waals surface area contributed by atoms with Crippen molar-refractivity contribution < 1.29 is 9.59 Å². The first-order valence-corrected chi connectivity index (χ1v) is 8.55. The molecule has 0 bridgehead atoms. The normalized spacial score (nSPS) is 11.2. The van der Waals surface area contributed by atoms with Crippen molar-refractivity contribution >= 4 is 29.9 Å². The number of nitrogens with zero attached hydrogens (tertiary/aromatic N) is 1. The van der Waals surface area contributed by atoms with E-state index in [0.29, 0.717) is 24.3 Å². The van der Waals surface area contributed by atoms with Crippen molar-refractivity contribution in [1.82, 2.24) is 4.90 Å². The molecule has 3 N–H and O–H groups in total. The van der Waals surface area contributed by atoms with Crippen LogP contribution in [-0.4, -0.2) is 36.3 Å². The summed E-state index contributed by atoms with van der Waals surface area (Å²) in [4.78, 5) is 26.6. The van der Waals surface area contributed by atoms with Gasteiger partial charge in [0.15, 0.2) is 0 Å². The van der Waals surface area contributed by atoms with Gasteiger partial charge in [0.25, 0.3) is 5.91 Å². The third-order valence-electron chi connectivity index (χ3n) is 4.20. The van der Waals surface area contributed by atoms with Gasteiger partial charge in [0.2, 0.25) is 5.91 Å². The number of halogens is 1. The molecule has 0 aliphatic carbocycles. The molecule has 0 fully saturated rings. The van der Waals surface area contributed by atoms with Gasteiger partial charge in [-0.05, 0) is 43.7 Å². The summed E-state index contributed by atoms with van der Waals surface area (Å²) in [5.41, 5.74) is 7.92. The number of hydrogen-bond donors (Lipinski definition) is 2. The fourth-order valence-corrected chi connectivity index (χ4v) is 2.70. The van der Waals surface area contributed by atoms with Crippen molar-refractivity contribution in [2.75, 3.05) is 25.0 Å². The molecule has 2 aromatic rings. The molecule has 0 saturated heterocycles. The maximum atomic E-state index is 12.5. The summed E-state index contributed by atoms with van der Waals surface area (Å²) in [6.07, 6.45) is 0. The number of nitrogens with two attached hydrogens (primary N) is 1. The van der Waals surface area contributed by atoms with Crippen LogP contribution in [0.5, 0.6) is 0 Å². The van der Waals surface area contributed by atoms with Crippen LogP contribution < -0.4 is 11.1 Å². The topological polar surface area (TPSA) is 75.4 Å². The van der Waals surface area contributed by atoms with Crippen LogP contribution in [0.1, 0.15) is 35.7 Å². The molecule has 0 aliphatic rings. The van der Waals surface area contributed by atoms with Crippen LogP contribution in [0, 0.1) is 0 Å². The third-order valence-corrected chi connectivity index (χ3v) is 4.20. The average Bonchev–Trinajstić information content (AvgIpc) is 2.64. The molecule has 1 unspecified atom stereocenters. The second kappa shape index (κ2) is 10.6. The van der Waals surface area contributed by atoms with Crippen molar-refractivity contribution in [3.8, 4) is 0 Å². The highest BCUT2D eigenvalue weighted by Crippen LogP contribution is 2.18. The summed E-state index contributed by atoms with van der Waals surface area (Å²) in [7, 11) is 0. The first-order chi connectivity index (χ1) is 12.1. The molecule has 0 saturated carbocycles. The van der Waals surface area contributed by atoms with Crippen LogP contribution in [0.25, 0.3) is 0 Å². The minimum absolute atomic E-state index is 0. The van der Waals surface area contributed by atoms with Gasteiger partial charge in [-0.2, -0.15) is 0 Å². The number of rotatable bonds is 7. The van der Waals surface area contributed by atoms with Crippen LogP contribution in [0.4, 0.5) is 5.69 Å². The van der Waals surface area contributed by atoms with Crippen LogP contribution in [0.15, 0.2) is 54.6 Å². The smallest absolute Gasteiger partial charge is 0.253 e. The highest BCUT2D eigenvalue weighted by molar-refractivity contribution is 5.97. The van der Waals surface area contributed by atoms with E-state index >= 15 is 0 Å². The van der Waals surface area contributed by atoms with Crippen LogP contribution in [0.2, 0.25) is 0 Å². The largest absolute Gasteiger partial charge is 0.339 e. The maximum Gasteiger partial charge on any atom is 0.253 e. The second-order valence-electron chi connectivity index (χ2n) is 5.74. The van der Waals surface area contributed by atoms with Crippen molar-refractivity contribution in [3.63, 3.8) is 0 Å². The summed E-state index contributed by atoms with van der Waals surface area (Å²) in [6, 6.07) is 16.4. The predicted molar refractivity (Wildman–Crippen MR) is 108 cm³/mol. The Kier molecular flexibility index (Phi) is 8.82. The van der Waals surface area contributed by atoms with Gasteiger partial charge in [0.1, 0.15) is 0 Å². The van der Waals surface area contributed by atoms with Gasteiger partial charge in [-0.1, -0.05) is 30.3 Å². The maximum absolute atomic E-state index is 12.5. The summed E-state index contributed by atoms with van der Waals surface area (Å²) < 4.78 is 0. The van der Waals surface area contributed by atoms with Gasteiger partial charge in [-0.15, -0.1) is 12.4 Å². The molecule has 0 heterocycles. The monoisotopic (exact) mass is 375 g/mol. The Bertz CT molecular complexity index is 701. The quantitative estimate of drug-likeness (QED) is 0.779. The molecular formula is C20H26ClN3O2. The van der Waals surface area contributed by atoms with Gasteiger partial charge in [-0.3, -0.25) is 9.59 Å². The third kappa shape index (κ3) is 5.31. The van der Waals surface area contributed by atoms with Gasteiger partial charge >= 0.3 is 0 Å². The summed E-state index contributed by atoms with van der Waals surface area (Å²) in [5.74, 6) is -0.568. The zero-order chi connectivity index (χ0) is 18.2. The van der Waals surface area contributed by atoms with Gasteiger partial charge in [-0.25, -0.2) is 0 Å². The molecule has 0 radical (unpaired) electrons. The van der Waals surface area contributed by atoms with E-state index in [0.717, 1.165) is 5.56 Å². The minimum atomic E-state index is -0.404. The van der Waals surface area contributed by atoms with Gasteiger partial charge in [0.05, 0.1) is 5.92 Å². The Hall–Kier alpha value is -2.37. The second-order valence-corrected chi connectivity index (χ2v) is 5.74. The molecule has 2 rings (SSSR count). The van der Waals surface area contributed by atoms with E-state index in [4.69, 9.17) is 5.73 Å². The van der Waals surface area contributed by atoms with Crippen LogP contribution in [0.3, 0.4) is 0 Å². The Morgan fingerprint density at radius 2 is 1.58 bits per heavy atom. The van der Waals surface area contributed by atoms with E-state index in [-0.39, 0.29) is 30.8 Å². The average molecular weight is 376 g/mol. The first-order valence-electron chi connectivity index (χ1n) is 8.55. The minimum Gasteiger partial charge on any atom is -0.339 e. The van der Waals surface area contributed by atoms with E-state index in [2.05, 4.69) is 5.32 Å². The fourth-order valence-electron chi connectivity index (χ4n) is 2.70. The molecule has 2 aromatic carbocycles. The summed E-state index contributed by atoms with van der Waals surface area (Å²) in [5, 5.41) is 2.87. The van der Waals surface area contributed by atoms with Gasteiger partial charge in [0, 0.05) is 30.9 Å². The van der Waals surface area contributed by atoms with Crippen molar-refractivity contribution in [2.45, 2.75) is 19.8 Å². The molecule has 2 amide bonds. The molecule has 0 spiro atoms. The molecule has 0 aliphatic heterocycles. The van der Waals surface area contributed by atoms with Gasteiger partial charge < -0.3 is 16.0 Å². The number of amides is 2. The van der Waals surface area contributed by atoms with E-state index in [1.807, 2.05) is 44.2 Å². The number of benzene rings is 2. The zero-order valence-corrected chi connectivity index (χ0v) is 16.0. The molecule has 26 heavy (non-hydrogen) atoms. The van der Waals surface area contributed by atoms with Crippen LogP contribution in [-0.2, 0) is 4.79 Å². The van der Waals surface area contributed by atoms with E-state index in [1.165, 1.54) is 0 Å². The molecule has 0 aromatic heterocycles. The molecular weight excluding hydrogens is 350 g/mol. The Morgan fingerprint density at radius 1 is 1.00 bits per heavy atom. The van der Waals surface area contributed by atoms with E-state index in [1.54, 1.807) is 29.2 Å². The lowest BCUT2D eigenvalue weighted by molar-refractivity contribution is -0.117. The van der Waals surface area contributed by atoms with Crippen molar-refractivity contribution in [2.24, 2.45) is 5.73 Å². The van der Waals surface area contributed by atoms with Crippen molar-refractivity contribution in [1.29, 1.82) is 0 Å². The molecule has 1 atom stereocenters. The highest BCUT2D eigenvalue weighted by Gasteiger charge is 2.19. The zero-order valence-electron chi connectivity index (χ0n) is 15.1. The van der Waals surface area contributed by atoms with Crippen LogP contribution >= 0.6 is 12.4 Å². The standard InChI is InChI=1S/C20H25N3O2.ClH/c1-3-23(4-2)20(25)16-10-12-17(13-11-16)22-19(24)18(14-21)15-8-6-5-7-9-15;/h5-13,18H,3-4,14,21H2,1-2H3,(H,22,24);1H. The first kappa shape index (κ1) is 21.7.